The van der Waals surface area contributed by atoms with Gasteiger partial charge in [0.05, 0.1) is 17.6 Å². The number of aromatic amines is 1. The van der Waals surface area contributed by atoms with E-state index >= 15 is 0 Å². The third kappa shape index (κ3) is 3.86. The number of anilines is 4. The Morgan fingerprint density at radius 1 is 1.21 bits per heavy atom. The second-order valence-corrected chi connectivity index (χ2v) is 9.35. The van der Waals surface area contributed by atoms with E-state index in [2.05, 4.69) is 26.6 Å². The second-order valence-electron chi connectivity index (χ2n) is 9.35. The second kappa shape index (κ2) is 8.34. The van der Waals surface area contributed by atoms with E-state index in [0.717, 1.165) is 54.3 Å². The van der Waals surface area contributed by atoms with Crippen LogP contribution < -0.4 is 15.1 Å². The molecule has 2 fully saturated rings. The molecule has 10 heteroatoms. The number of carbonyl (C=O) groups excluding carboxylic acids is 1. The van der Waals surface area contributed by atoms with Crippen molar-refractivity contribution in [3.05, 3.63) is 47.3 Å². The lowest BCUT2D eigenvalue weighted by Gasteiger charge is -2.28. The van der Waals surface area contributed by atoms with Crippen molar-refractivity contribution in [2.24, 2.45) is 0 Å². The Hall–Kier alpha value is -3.56. The minimum Gasteiger partial charge on any atom is -0.329 e. The predicted octanol–water partition coefficient (Wildman–Crippen LogP) is 3.48. The standard InChI is InChI=1S/C24H27FN8O/c1-32(15-9-10-20(25)26-13-15)23(34)19-6-3-11-33(19)24-27-17-5-2-4-16(17)22(29-24)28-21-12-18(30-31-21)14-7-8-14/h9-10,12-14,19H,2-8,11H2,1H3,(H2,27,28,29,30,31). The average molecular weight is 463 g/mol. The Morgan fingerprint density at radius 3 is 2.88 bits per heavy atom. The first kappa shape index (κ1) is 21.0. The third-order valence-corrected chi connectivity index (χ3v) is 7.01. The van der Waals surface area contributed by atoms with Gasteiger partial charge >= 0.3 is 0 Å². The van der Waals surface area contributed by atoms with Crippen LogP contribution in [0.3, 0.4) is 0 Å². The van der Waals surface area contributed by atoms with Gasteiger partial charge < -0.3 is 15.1 Å². The fourth-order valence-electron chi connectivity index (χ4n) is 4.96. The maximum absolute atomic E-state index is 13.4. The molecule has 9 nitrogen and oxygen atoms in total. The maximum Gasteiger partial charge on any atom is 0.249 e. The molecule has 1 unspecified atom stereocenters. The van der Waals surface area contributed by atoms with Crippen LogP contribution >= 0.6 is 0 Å². The van der Waals surface area contributed by atoms with Crippen LogP contribution in [0.15, 0.2) is 24.4 Å². The van der Waals surface area contributed by atoms with Gasteiger partial charge in [-0.1, -0.05) is 0 Å². The number of likely N-dealkylation sites (N-methyl/N-ethyl adjacent to an activating group) is 1. The molecule has 2 N–H and O–H groups in total. The Kier molecular flexibility index (Phi) is 5.15. The number of pyridine rings is 1. The summed E-state index contributed by atoms with van der Waals surface area (Å²) in [5.74, 6) is 2.06. The highest BCUT2D eigenvalue weighted by molar-refractivity contribution is 5.98. The molecular formula is C24H27FN8O. The Bertz CT molecular complexity index is 1220. The Morgan fingerprint density at radius 2 is 2.09 bits per heavy atom. The number of amides is 1. The summed E-state index contributed by atoms with van der Waals surface area (Å²) in [7, 11) is 1.69. The molecule has 0 bridgehead atoms. The molecule has 1 aliphatic heterocycles. The van der Waals surface area contributed by atoms with Gasteiger partial charge in [0, 0.05) is 36.8 Å². The average Bonchev–Trinajstić information content (AvgIpc) is 3.23. The minimum absolute atomic E-state index is 0.0779. The molecule has 4 heterocycles. The fraction of sp³-hybridized carbons (Fsp3) is 0.458. The van der Waals surface area contributed by atoms with Gasteiger partial charge in [-0.3, -0.25) is 9.89 Å². The van der Waals surface area contributed by atoms with Gasteiger partial charge in [0.1, 0.15) is 11.9 Å². The van der Waals surface area contributed by atoms with E-state index < -0.39 is 5.95 Å². The normalized spacial score (nSPS) is 19.4. The van der Waals surface area contributed by atoms with Gasteiger partial charge in [0.2, 0.25) is 17.8 Å². The number of rotatable bonds is 6. The number of aryl methyl sites for hydroxylation is 1. The van der Waals surface area contributed by atoms with Crippen LogP contribution in [0.2, 0.25) is 0 Å². The van der Waals surface area contributed by atoms with Crippen molar-refractivity contribution in [1.82, 2.24) is 25.1 Å². The van der Waals surface area contributed by atoms with Gasteiger partial charge in [0.15, 0.2) is 5.82 Å². The molecule has 176 valence electrons. The molecule has 3 aromatic heterocycles. The molecule has 0 spiro atoms. The molecule has 1 atom stereocenters. The van der Waals surface area contributed by atoms with Crippen LogP contribution in [0.25, 0.3) is 0 Å². The van der Waals surface area contributed by atoms with E-state index in [9.17, 15) is 9.18 Å². The number of halogens is 1. The molecule has 2 aliphatic carbocycles. The summed E-state index contributed by atoms with van der Waals surface area (Å²) in [4.78, 5) is 30.3. The maximum atomic E-state index is 13.4. The number of nitrogens with zero attached hydrogens (tertiary/aromatic N) is 6. The van der Waals surface area contributed by atoms with Crippen LogP contribution in [0.5, 0.6) is 0 Å². The summed E-state index contributed by atoms with van der Waals surface area (Å²) in [5.41, 5.74) is 3.90. The van der Waals surface area contributed by atoms with Crippen LogP contribution in [0.1, 0.15) is 55.0 Å². The fourth-order valence-corrected chi connectivity index (χ4v) is 4.96. The topological polar surface area (TPSA) is 103 Å². The summed E-state index contributed by atoms with van der Waals surface area (Å²) in [5, 5.41) is 11.0. The van der Waals surface area contributed by atoms with E-state index in [-0.39, 0.29) is 11.9 Å². The van der Waals surface area contributed by atoms with E-state index in [0.29, 0.717) is 30.5 Å². The zero-order valence-electron chi connectivity index (χ0n) is 19.1. The van der Waals surface area contributed by atoms with E-state index in [1.807, 2.05) is 4.90 Å². The molecule has 34 heavy (non-hydrogen) atoms. The molecule has 0 aromatic carbocycles. The zero-order chi connectivity index (χ0) is 23.2. The number of hydrogen-bond donors (Lipinski definition) is 2. The highest BCUT2D eigenvalue weighted by Gasteiger charge is 2.36. The molecular weight excluding hydrogens is 435 g/mol. The van der Waals surface area contributed by atoms with E-state index in [1.54, 1.807) is 13.1 Å². The van der Waals surface area contributed by atoms with Crippen molar-refractivity contribution in [3.8, 4) is 0 Å². The van der Waals surface area contributed by atoms with Gasteiger partial charge in [-0.15, -0.1) is 0 Å². The summed E-state index contributed by atoms with van der Waals surface area (Å²) in [6.07, 6.45) is 8.26. The van der Waals surface area contributed by atoms with Gasteiger partial charge in [-0.05, 0) is 57.1 Å². The van der Waals surface area contributed by atoms with Crippen molar-refractivity contribution in [2.75, 3.05) is 28.7 Å². The molecule has 0 radical (unpaired) electrons. The van der Waals surface area contributed by atoms with Crippen LogP contribution in [-0.2, 0) is 17.6 Å². The first-order valence-corrected chi connectivity index (χ1v) is 11.9. The van der Waals surface area contributed by atoms with Crippen molar-refractivity contribution < 1.29 is 9.18 Å². The van der Waals surface area contributed by atoms with Gasteiger partial charge in [0.25, 0.3) is 0 Å². The monoisotopic (exact) mass is 462 g/mol. The number of nitrogens with one attached hydrogen (secondary N) is 2. The van der Waals surface area contributed by atoms with E-state index in [4.69, 9.17) is 9.97 Å². The highest BCUT2D eigenvalue weighted by Crippen LogP contribution is 2.40. The summed E-state index contributed by atoms with van der Waals surface area (Å²) < 4.78 is 13.2. The van der Waals surface area contributed by atoms with Crippen LogP contribution in [0.4, 0.5) is 27.7 Å². The highest BCUT2D eigenvalue weighted by atomic mass is 19.1. The number of hydrogen-bond acceptors (Lipinski definition) is 7. The molecule has 3 aromatic rings. The number of H-pyrrole nitrogens is 1. The Balaban J connectivity index is 1.27. The van der Waals surface area contributed by atoms with Gasteiger partial charge in [-0.25, -0.2) is 9.97 Å². The number of fused-ring (bicyclic) bond motifs is 1. The first-order valence-electron chi connectivity index (χ1n) is 11.9. The lowest BCUT2D eigenvalue weighted by Crippen LogP contribution is -2.45. The van der Waals surface area contributed by atoms with Crippen molar-refractivity contribution in [1.29, 1.82) is 0 Å². The lowest BCUT2D eigenvalue weighted by molar-refractivity contribution is -0.119. The van der Waals surface area contributed by atoms with Crippen molar-refractivity contribution >= 4 is 29.2 Å². The Labute approximate surface area is 196 Å². The SMILES string of the molecule is CN(C(=O)C1CCCN1c1nc2c(c(Nc3cc(C4CC4)[nH]n3)n1)CCC2)c1ccc(F)nc1. The molecule has 1 saturated heterocycles. The van der Waals surface area contributed by atoms with Gasteiger partial charge in [-0.2, -0.15) is 14.5 Å². The number of aromatic nitrogens is 5. The van der Waals surface area contributed by atoms with E-state index in [1.165, 1.54) is 30.0 Å². The van der Waals surface area contributed by atoms with Crippen LogP contribution in [0, 0.1) is 5.95 Å². The van der Waals surface area contributed by atoms with Crippen LogP contribution in [-0.4, -0.2) is 50.7 Å². The lowest BCUT2D eigenvalue weighted by atomic mass is 10.2. The smallest absolute Gasteiger partial charge is 0.249 e. The molecule has 1 amide bonds. The summed E-state index contributed by atoms with van der Waals surface area (Å²) >= 11 is 0. The molecule has 6 rings (SSSR count). The zero-order valence-corrected chi connectivity index (χ0v) is 19.1. The molecule has 3 aliphatic rings. The largest absolute Gasteiger partial charge is 0.329 e. The van der Waals surface area contributed by atoms with Crippen molar-refractivity contribution in [3.63, 3.8) is 0 Å². The minimum atomic E-state index is -0.570. The first-order chi connectivity index (χ1) is 16.6. The van der Waals surface area contributed by atoms with Crippen molar-refractivity contribution in [2.45, 2.75) is 56.9 Å². The predicted molar refractivity (Wildman–Crippen MR) is 126 cm³/mol. The third-order valence-electron chi connectivity index (χ3n) is 7.01. The summed E-state index contributed by atoms with van der Waals surface area (Å²) in [6.45, 7) is 0.707. The quantitative estimate of drug-likeness (QED) is 0.541. The molecule has 1 saturated carbocycles. The summed E-state index contributed by atoms with van der Waals surface area (Å²) in [6, 6.07) is 4.51. The number of carbonyl (C=O) groups is 1.